The Bertz CT molecular complexity index is 186. The predicted molar refractivity (Wildman–Crippen MR) is 66.7 cm³/mol. The van der Waals surface area contributed by atoms with Crippen LogP contribution in [-0.4, -0.2) is 49.8 Å². The molecule has 3 nitrogen and oxygen atoms in total. The van der Waals surface area contributed by atoms with Gasteiger partial charge in [0.2, 0.25) is 0 Å². The molecular weight excluding hydrogens is 200 g/mol. The molecular formula is C13H26N2O. The van der Waals surface area contributed by atoms with E-state index in [9.17, 15) is 0 Å². The lowest BCUT2D eigenvalue weighted by molar-refractivity contribution is 0.0150. The lowest BCUT2D eigenvalue weighted by Gasteiger charge is -2.30. The fraction of sp³-hybridized carbons (Fsp3) is 1.00. The molecule has 0 spiro atoms. The van der Waals surface area contributed by atoms with Gasteiger partial charge in [0.15, 0.2) is 0 Å². The third kappa shape index (κ3) is 3.44. The summed E-state index contributed by atoms with van der Waals surface area (Å²) in [5.41, 5.74) is 0. The van der Waals surface area contributed by atoms with Crippen molar-refractivity contribution in [2.45, 2.75) is 51.2 Å². The molecule has 1 aliphatic carbocycles. The molecule has 16 heavy (non-hydrogen) atoms. The van der Waals surface area contributed by atoms with Gasteiger partial charge in [-0.15, -0.1) is 0 Å². The molecule has 0 radical (unpaired) electrons. The zero-order valence-electron chi connectivity index (χ0n) is 10.6. The summed E-state index contributed by atoms with van der Waals surface area (Å²) in [5.74, 6) is 0. The molecule has 1 saturated heterocycles. The summed E-state index contributed by atoms with van der Waals surface area (Å²) in [5, 5.41) is 3.40. The second-order valence-corrected chi connectivity index (χ2v) is 5.05. The second-order valence-electron chi connectivity index (χ2n) is 5.05. The van der Waals surface area contributed by atoms with E-state index in [0.717, 1.165) is 25.7 Å². The number of nitrogens with zero attached hydrogens (tertiary/aromatic N) is 1. The number of hydrogen-bond acceptors (Lipinski definition) is 3. The van der Waals surface area contributed by atoms with Crippen LogP contribution in [0.3, 0.4) is 0 Å². The van der Waals surface area contributed by atoms with Crippen molar-refractivity contribution < 1.29 is 4.74 Å². The quantitative estimate of drug-likeness (QED) is 0.771. The van der Waals surface area contributed by atoms with Gasteiger partial charge in [-0.3, -0.25) is 0 Å². The topological polar surface area (TPSA) is 24.5 Å². The second kappa shape index (κ2) is 6.58. The first-order chi connectivity index (χ1) is 7.90. The maximum atomic E-state index is 5.75. The van der Waals surface area contributed by atoms with Gasteiger partial charge in [0.1, 0.15) is 0 Å². The van der Waals surface area contributed by atoms with Gasteiger partial charge >= 0.3 is 0 Å². The maximum absolute atomic E-state index is 5.75. The molecule has 2 aliphatic rings. The van der Waals surface area contributed by atoms with Gasteiger partial charge in [0.25, 0.3) is 0 Å². The molecule has 1 unspecified atom stereocenters. The molecule has 2 fully saturated rings. The molecule has 0 bridgehead atoms. The third-order valence-corrected chi connectivity index (χ3v) is 3.99. The van der Waals surface area contributed by atoms with Crippen molar-refractivity contribution in [2.75, 3.05) is 32.8 Å². The summed E-state index contributed by atoms with van der Waals surface area (Å²) in [4.78, 5) is 2.66. The summed E-state index contributed by atoms with van der Waals surface area (Å²) >= 11 is 0. The van der Waals surface area contributed by atoms with E-state index in [1.807, 2.05) is 0 Å². The van der Waals surface area contributed by atoms with Crippen LogP contribution in [0.4, 0.5) is 0 Å². The molecule has 0 aromatic rings. The first kappa shape index (κ1) is 12.3. The van der Waals surface area contributed by atoms with E-state index in [1.165, 1.54) is 45.2 Å². The van der Waals surface area contributed by atoms with Crippen molar-refractivity contribution in [3.63, 3.8) is 0 Å². The molecule has 1 atom stereocenters. The van der Waals surface area contributed by atoms with Crippen LogP contribution in [0.1, 0.15) is 39.0 Å². The van der Waals surface area contributed by atoms with Gasteiger partial charge in [0, 0.05) is 25.7 Å². The van der Waals surface area contributed by atoms with Gasteiger partial charge in [-0.25, -0.2) is 0 Å². The van der Waals surface area contributed by atoms with Crippen molar-refractivity contribution in [2.24, 2.45) is 0 Å². The summed E-state index contributed by atoms with van der Waals surface area (Å²) in [6.45, 7) is 7.66. The van der Waals surface area contributed by atoms with Crippen molar-refractivity contribution in [3.8, 4) is 0 Å². The molecule has 94 valence electrons. The molecule has 0 aromatic carbocycles. The fourth-order valence-corrected chi connectivity index (χ4v) is 2.98. The van der Waals surface area contributed by atoms with Crippen LogP contribution in [-0.2, 0) is 4.74 Å². The first-order valence-corrected chi connectivity index (χ1v) is 6.96. The Morgan fingerprint density at radius 2 is 2.12 bits per heavy atom. The first-order valence-electron chi connectivity index (χ1n) is 6.96. The molecule has 2 rings (SSSR count). The maximum Gasteiger partial charge on any atom is 0.0712 e. The molecule has 0 amide bonds. The van der Waals surface area contributed by atoms with E-state index >= 15 is 0 Å². The SMILES string of the molecule is CCN(CCC1CNCCO1)C1CCCC1. The highest BCUT2D eigenvalue weighted by Gasteiger charge is 2.22. The fourth-order valence-electron chi connectivity index (χ4n) is 2.98. The summed E-state index contributed by atoms with van der Waals surface area (Å²) in [6, 6.07) is 0.863. The van der Waals surface area contributed by atoms with Crippen LogP contribution < -0.4 is 5.32 Å². The standard InChI is InChI=1S/C13H26N2O/c1-2-15(12-5-3-4-6-12)9-7-13-11-14-8-10-16-13/h12-14H,2-11H2,1H3. The number of rotatable bonds is 5. The van der Waals surface area contributed by atoms with Crippen LogP contribution in [0.15, 0.2) is 0 Å². The van der Waals surface area contributed by atoms with E-state index in [-0.39, 0.29) is 0 Å². The molecule has 1 N–H and O–H groups in total. The smallest absolute Gasteiger partial charge is 0.0712 e. The van der Waals surface area contributed by atoms with Crippen LogP contribution in [0.2, 0.25) is 0 Å². The van der Waals surface area contributed by atoms with Crippen LogP contribution in [0.25, 0.3) is 0 Å². The minimum absolute atomic E-state index is 0.448. The van der Waals surface area contributed by atoms with Crippen LogP contribution in [0.5, 0.6) is 0 Å². The average molecular weight is 226 g/mol. The van der Waals surface area contributed by atoms with Gasteiger partial charge in [-0.05, 0) is 25.8 Å². The Hall–Kier alpha value is -0.120. The monoisotopic (exact) mass is 226 g/mol. The molecule has 1 saturated carbocycles. The largest absolute Gasteiger partial charge is 0.376 e. The van der Waals surface area contributed by atoms with Crippen molar-refractivity contribution in [1.29, 1.82) is 0 Å². The zero-order valence-corrected chi connectivity index (χ0v) is 10.6. The number of morpholine rings is 1. The Labute approximate surface area is 99.5 Å². The lowest BCUT2D eigenvalue weighted by Crippen LogP contribution is -2.42. The third-order valence-electron chi connectivity index (χ3n) is 3.99. The van der Waals surface area contributed by atoms with Gasteiger partial charge in [-0.1, -0.05) is 19.8 Å². The normalized spacial score (nSPS) is 27.8. The van der Waals surface area contributed by atoms with E-state index in [4.69, 9.17) is 4.74 Å². The number of hydrogen-bond donors (Lipinski definition) is 1. The lowest BCUT2D eigenvalue weighted by atomic mass is 10.1. The minimum Gasteiger partial charge on any atom is -0.376 e. The number of nitrogens with one attached hydrogen (secondary N) is 1. The predicted octanol–water partition coefficient (Wildman–Crippen LogP) is 1.63. The van der Waals surface area contributed by atoms with Crippen LogP contribution >= 0.6 is 0 Å². The Balaban J connectivity index is 1.69. The summed E-state index contributed by atoms with van der Waals surface area (Å²) < 4.78 is 5.75. The van der Waals surface area contributed by atoms with Gasteiger partial charge < -0.3 is 15.0 Å². The van der Waals surface area contributed by atoms with Crippen LogP contribution in [0, 0.1) is 0 Å². The van der Waals surface area contributed by atoms with E-state index in [2.05, 4.69) is 17.1 Å². The highest BCUT2D eigenvalue weighted by molar-refractivity contribution is 4.78. The average Bonchev–Trinajstić information content (AvgIpc) is 2.85. The summed E-state index contributed by atoms with van der Waals surface area (Å²) in [6.07, 6.45) is 7.34. The van der Waals surface area contributed by atoms with Crippen molar-refractivity contribution >= 4 is 0 Å². The summed E-state index contributed by atoms with van der Waals surface area (Å²) in [7, 11) is 0. The Morgan fingerprint density at radius 1 is 1.31 bits per heavy atom. The van der Waals surface area contributed by atoms with E-state index < -0.39 is 0 Å². The molecule has 3 heteroatoms. The Morgan fingerprint density at radius 3 is 2.75 bits per heavy atom. The molecule has 1 heterocycles. The minimum atomic E-state index is 0.448. The van der Waals surface area contributed by atoms with E-state index in [0.29, 0.717) is 6.10 Å². The zero-order chi connectivity index (χ0) is 11.2. The Kier molecular flexibility index (Phi) is 5.07. The van der Waals surface area contributed by atoms with Crippen molar-refractivity contribution in [3.05, 3.63) is 0 Å². The molecule has 0 aromatic heterocycles. The number of ether oxygens (including phenoxy) is 1. The highest BCUT2D eigenvalue weighted by atomic mass is 16.5. The highest BCUT2D eigenvalue weighted by Crippen LogP contribution is 2.23. The van der Waals surface area contributed by atoms with Crippen molar-refractivity contribution in [1.82, 2.24) is 10.2 Å². The van der Waals surface area contributed by atoms with Gasteiger partial charge in [-0.2, -0.15) is 0 Å². The molecule has 1 aliphatic heterocycles. The van der Waals surface area contributed by atoms with Gasteiger partial charge in [0.05, 0.1) is 12.7 Å². The van der Waals surface area contributed by atoms with E-state index in [1.54, 1.807) is 0 Å².